The number of anilines is 1. The van der Waals surface area contributed by atoms with Crippen LogP contribution in [-0.2, 0) is 107 Å². The van der Waals surface area contributed by atoms with Gasteiger partial charge in [-0.2, -0.15) is 0 Å². The summed E-state index contributed by atoms with van der Waals surface area (Å²) in [4.78, 5) is 265. The van der Waals surface area contributed by atoms with Crippen molar-refractivity contribution in [1.82, 2.24) is 58.2 Å². The molecular weight excluding hydrogens is 1630 g/mol. The van der Waals surface area contributed by atoms with Crippen LogP contribution in [0.15, 0.2) is 48.8 Å². The minimum atomic E-state index is -2.40. The number of H-pyrrole nitrogens is 1. The second-order valence-corrected chi connectivity index (χ2v) is 30.1. The maximum absolute atomic E-state index is 15.2. The van der Waals surface area contributed by atoms with E-state index in [0.29, 0.717) is 35.7 Å². The zero-order valence-electron chi connectivity index (χ0n) is 67.8. The number of ether oxygens (including phenoxy) is 3. The van der Waals surface area contributed by atoms with E-state index in [1.165, 1.54) is 44.3 Å². The average Bonchev–Trinajstić information content (AvgIpc) is 1.80. The van der Waals surface area contributed by atoms with Crippen molar-refractivity contribution in [2.45, 2.75) is 211 Å². The summed E-state index contributed by atoms with van der Waals surface area (Å²) in [6.45, 7) is 6.28. The van der Waals surface area contributed by atoms with E-state index in [2.05, 4.69) is 77.0 Å². The van der Waals surface area contributed by atoms with Crippen LogP contribution in [0.2, 0.25) is 10.0 Å². The van der Waals surface area contributed by atoms with Gasteiger partial charge in [0.25, 0.3) is 12.9 Å². The minimum absolute atomic E-state index is 0.00171. The summed E-state index contributed by atoms with van der Waals surface area (Å²) in [5, 5.41) is 57.7. The van der Waals surface area contributed by atoms with Crippen LogP contribution in [0.4, 0.5) is 10.1 Å². The summed E-state index contributed by atoms with van der Waals surface area (Å²) in [5.41, 5.74) is 11.6. The lowest BCUT2D eigenvalue weighted by molar-refractivity contribution is -0.156. The topological polar surface area (TPSA) is 613 Å². The Bertz CT molecular complexity index is 4210. The van der Waals surface area contributed by atoms with Crippen LogP contribution in [-0.4, -0.2) is 234 Å². The molecule has 1 fully saturated rings. The quantitative estimate of drug-likeness (QED) is 0.0122. The first-order valence-corrected chi connectivity index (χ1v) is 40.2. The molecule has 4 rings (SSSR count). The van der Waals surface area contributed by atoms with E-state index in [1.54, 1.807) is 6.92 Å². The number of carbonyl (C=O) groups is 19. The Hall–Kier alpha value is -11.5. The van der Waals surface area contributed by atoms with Gasteiger partial charge in [-0.15, -0.1) is 0 Å². The lowest BCUT2D eigenvalue weighted by Crippen LogP contribution is -2.57. The number of unbranched alkanes of at least 4 members (excludes halogenated alkanes) is 6. The number of carboxylic acids is 2. The fourth-order valence-electron chi connectivity index (χ4n) is 12.9. The highest BCUT2D eigenvalue weighted by molar-refractivity contribution is 6.37. The number of primary amides is 1. The van der Waals surface area contributed by atoms with Gasteiger partial charge in [0.1, 0.15) is 61.4 Å². The van der Waals surface area contributed by atoms with E-state index in [-0.39, 0.29) is 78.7 Å². The van der Waals surface area contributed by atoms with Crippen LogP contribution < -0.4 is 70.0 Å². The zero-order chi connectivity index (χ0) is 90.2. The maximum atomic E-state index is 15.2. The van der Waals surface area contributed by atoms with Crippen molar-refractivity contribution in [3.05, 3.63) is 75.8 Å². The van der Waals surface area contributed by atoms with E-state index in [9.17, 15) is 106 Å². The predicted octanol–water partition coefficient (Wildman–Crippen LogP) is 0.719. The fourth-order valence-corrected chi connectivity index (χ4v) is 13.5. The molecule has 0 spiro atoms. The Morgan fingerprint density at radius 3 is 1.98 bits per heavy atom. The maximum Gasteiger partial charge on any atom is 0.329 e. The molecule has 0 saturated carbocycles. The lowest BCUT2D eigenvalue weighted by atomic mass is 9.84. The average molecular weight is 1740 g/mol. The van der Waals surface area contributed by atoms with Gasteiger partial charge in [0, 0.05) is 90.8 Å². The van der Waals surface area contributed by atoms with Gasteiger partial charge in [0.2, 0.25) is 59.1 Å². The monoisotopic (exact) mass is 1740 g/mol. The fraction of sp³-hybridized carbons (Fsp3) is 0.557. The third-order valence-corrected chi connectivity index (χ3v) is 20.1. The molecule has 1 aromatic heterocycles. The Kier molecular flexibility index (Phi) is 44.2. The van der Waals surface area contributed by atoms with Crippen LogP contribution >= 0.6 is 23.2 Å². The molecule has 0 unspecified atom stereocenters. The Morgan fingerprint density at radius 2 is 1.34 bits per heavy atom. The molecule has 666 valence electrons. The molecule has 42 heteroatoms. The molecule has 0 bridgehead atoms. The van der Waals surface area contributed by atoms with Crippen LogP contribution in [0.5, 0.6) is 0 Å². The van der Waals surface area contributed by atoms with Gasteiger partial charge in [-0.3, -0.25) is 86.3 Å². The number of cyclic esters (lactones) is 1. The smallest absolute Gasteiger partial charge is 0.329 e. The van der Waals surface area contributed by atoms with Gasteiger partial charge in [-0.05, 0) is 87.9 Å². The number of hydrogen-bond donors (Lipinski definition) is 17. The molecule has 19 N–H and O–H groups in total. The number of esters is 1. The molecule has 2 heterocycles. The number of Topliss-reactive ketones (excluding diaryl/α,β-unsaturated/α-hetero) is 4. The number of aromatic amines is 1. The van der Waals surface area contributed by atoms with Crippen molar-refractivity contribution in [2.75, 3.05) is 51.3 Å². The Morgan fingerprint density at radius 1 is 0.702 bits per heavy atom. The number of ketones is 4. The number of rotatable bonds is 41. The summed E-state index contributed by atoms with van der Waals surface area (Å²) in [7, 11) is 0. The normalized spacial score (nSPS) is 20.8. The summed E-state index contributed by atoms with van der Waals surface area (Å²) in [6, 6.07) is -8.52. The second-order valence-electron chi connectivity index (χ2n) is 29.3. The highest BCUT2D eigenvalue weighted by atomic mass is 35.5. The summed E-state index contributed by atoms with van der Waals surface area (Å²) in [6.07, 6.45) is -2.55. The van der Waals surface area contributed by atoms with Crippen molar-refractivity contribution in [3.63, 3.8) is 0 Å². The molecule has 121 heavy (non-hydrogen) atoms. The van der Waals surface area contributed by atoms with Crippen molar-refractivity contribution >= 4 is 153 Å². The SMILES string of the molecule is C=C1NCC(=O)N[C@H](CO)C(=O)C[C@@H]([C@H](C)CC(=O)O)C(=O)N[C@@H](CC(=O)c2cc(Cl)cc(Cl)c2NCCC)C(=O)O[C@H](C)[C@H](NC(=O)[C@H](CC(=O)O)CC(=O)[C@@H](CC(N)=O)NC(=O)[C@H](Cc2c[nH]c3ccc(F)cc23)NC(=O)CCCCCCCCC)C(=O)NCC(=O)N[C@@H](CCCN)C(=O)C[C@@H](COC=O)C(=O)N[C@H](C)C(=O)N[C@H]1COC=O. The van der Waals surface area contributed by atoms with Gasteiger partial charge >= 0.3 is 17.9 Å². The number of nitrogens with two attached hydrogens (primary N) is 2. The second kappa shape index (κ2) is 52.5. The van der Waals surface area contributed by atoms with Crippen LogP contribution in [0.3, 0.4) is 0 Å². The van der Waals surface area contributed by atoms with Crippen LogP contribution in [0.25, 0.3) is 10.9 Å². The number of aliphatic carboxylic acids is 2. The van der Waals surface area contributed by atoms with E-state index in [1.807, 2.05) is 0 Å². The summed E-state index contributed by atoms with van der Waals surface area (Å²) < 4.78 is 30.2. The molecule has 1 saturated heterocycles. The molecule has 13 atom stereocenters. The molecule has 1 aliphatic rings. The third kappa shape index (κ3) is 35.0. The van der Waals surface area contributed by atoms with Crippen molar-refractivity contribution in [3.8, 4) is 0 Å². The number of carbonyl (C=O) groups excluding carboxylic acids is 17. The van der Waals surface area contributed by atoms with Crippen LogP contribution in [0.1, 0.15) is 166 Å². The highest BCUT2D eigenvalue weighted by Crippen LogP contribution is 2.33. The number of carboxylic acid groups (broad SMARTS) is 2. The molecule has 1 aliphatic heterocycles. The molecule has 0 aliphatic carbocycles. The molecule has 2 aromatic carbocycles. The van der Waals surface area contributed by atoms with Gasteiger partial charge < -0.3 is 104 Å². The third-order valence-electron chi connectivity index (χ3n) is 19.6. The number of amides is 10. The number of nitrogens with one attached hydrogen (secondary N) is 12. The van der Waals surface area contributed by atoms with E-state index in [4.69, 9.17) is 48.9 Å². The largest absolute Gasteiger partial charge is 0.481 e. The van der Waals surface area contributed by atoms with E-state index in [0.717, 1.165) is 45.1 Å². The van der Waals surface area contributed by atoms with Gasteiger partial charge in [-0.25, -0.2) is 9.18 Å². The van der Waals surface area contributed by atoms with E-state index < -0.39 is 262 Å². The van der Waals surface area contributed by atoms with Crippen molar-refractivity contribution < 1.29 is 125 Å². The standard InChI is InChI=1S/C79H109Cl2FN14O25/c1-7-9-10-11-12-13-14-17-66(105)91-57(23-46-33-87-54-19-18-49(82)29-51(46)54)77(116)93-56(32-65(84)104)63(102)24-45(26-70(110)111)74(113)96-71-44(6)121-79(118)58(31-61(100)52-27-48(80)28-53(81)72(52)85-21-8-2)94-76(115)50(41(3)22-69(108)109)30-64(103)59(36-97)92-67(106)34-86-42(4)60(38-120-40-99)95-73(112)43(5)89-75(114)47(37-119-39-98)25-62(101)55(16-15-20-83)90-68(107)35-88-78(71)117/h18-19,27-29,33,39-41,43-45,47,50,55-60,71,85-87,97H,4,7-17,20-26,30-32,34-38,83H2,1-3,5-6H3,(H2,84,104)(H,88,117)(H,89,114)(H,90,107)(H,91,105)(H,92,106)(H,93,116)(H,94,115)(H,95,112)(H,96,113)(H,108,109)(H,110,111)/t41-,43-,44-,45+,47+,50+,55+,56-,57+,58+,59-,60+,71+/m1/s1. The molecular formula is C79H109Cl2FN14O25. The van der Waals surface area contributed by atoms with E-state index >= 15 is 4.79 Å². The number of halogens is 3. The first-order valence-electron chi connectivity index (χ1n) is 39.4. The van der Waals surface area contributed by atoms with Crippen molar-refractivity contribution in [1.29, 1.82) is 0 Å². The van der Waals surface area contributed by atoms with Gasteiger partial charge in [-0.1, -0.05) is 89.1 Å². The van der Waals surface area contributed by atoms with Gasteiger partial charge in [0.05, 0.1) is 67.2 Å². The zero-order valence-corrected chi connectivity index (χ0v) is 69.3. The highest BCUT2D eigenvalue weighted by Gasteiger charge is 2.41. The number of aliphatic hydroxyl groups excluding tert-OH is 1. The Balaban J connectivity index is 1.93. The van der Waals surface area contributed by atoms with Crippen LogP contribution in [0, 0.1) is 29.5 Å². The number of aliphatic hydroxyl groups is 1. The number of aromatic nitrogens is 1. The molecule has 39 nitrogen and oxygen atoms in total. The number of benzene rings is 2. The Labute approximate surface area is 706 Å². The molecule has 10 amide bonds. The minimum Gasteiger partial charge on any atom is -0.481 e. The first-order chi connectivity index (χ1) is 57.4. The van der Waals surface area contributed by atoms with Crippen molar-refractivity contribution in [2.24, 2.45) is 35.1 Å². The lowest BCUT2D eigenvalue weighted by Gasteiger charge is -2.29. The first kappa shape index (κ1) is 102. The number of hydrogen-bond acceptors (Lipinski definition) is 26. The number of fused-ring (bicyclic) bond motifs is 1. The molecule has 0 radical (unpaired) electrons. The summed E-state index contributed by atoms with van der Waals surface area (Å²) >= 11 is 13.0. The summed E-state index contributed by atoms with van der Waals surface area (Å²) in [5.74, 6) is -28.8. The molecule has 3 aromatic rings. The predicted molar refractivity (Wildman–Crippen MR) is 432 cm³/mol. The van der Waals surface area contributed by atoms with Gasteiger partial charge in [0.15, 0.2) is 23.1 Å².